The normalized spacial score (nSPS) is 11.1. The first-order chi connectivity index (χ1) is 11.6. The molecule has 0 aliphatic heterocycles. The number of aryl methyl sites for hydroxylation is 1. The monoisotopic (exact) mass is 368 g/mol. The largest absolute Gasteiger partial charge is 0.453 e. The lowest BCUT2D eigenvalue weighted by Gasteiger charge is -2.04. The molecule has 0 fully saturated rings. The van der Waals surface area contributed by atoms with Crippen molar-refractivity contribution >= 4 is 39.0 Å². The van der Waals surface area contributed by atoms with Crippen molar-refractivity contribution < 1.29 is 13.9 Å². The number of aromatic nitrogens is 4. The molecule has 2 heterocycles. The van der Waals surface area contributed by atoms with Crippen LogP contribution in [0.5, 0.6) is 0 Å². The first-order valence-electron chi connectivity index (χ1n) is 7.40. The minimum Gasteiger partial charge on any atom is -0.453 e. The lowest BCUT2D eigenvalue weighted by molar-refractivity contribution is 0.0462. The highest BCUT2D eigenvalue weighted by molar-refractivity contribution is 7.21. The molecular formula is C15H14ClFN4O2S. The molecule has 0 atom stereocenters. The summed E-state index contributed by atoms with van der Waals surface area (Å²) in [6.45, 7) is 2.68. The van der Waals surface area contributed by atoms with Crippen molar-refractivity contribution in [2.24, 2.45) is 0 Å². The Morgan fingerprint density at radius 3 is 3.08 bits per heavy atom. The van der Waals surface area contributed by atoms with Gasteiger partial charge in [-0.2, -0.15) is 0 Å². The minimum absolute atomic E-state index is 0.0471. The Bertz CT molecular complexity index is 880. The Balaban J connectivity index is 1.74. The first-order valence-corrected chi connectivity index (χ1v) is 8.59. The van der Waals surface area contributed by atoms with E-state index in [2.05, 4.69) is 22.4 Å². The average molecular weight is 369 g/mol. The quantitative estimate of drug-likeness (QED) is 0.618. The molecule has 2 aromatic heterocycles. The van der Waals surface area contributed by atoms with E-state index in [0.717, 1.165) is 24.2 Å². The van der Waals surface area contributed by atoms with Crippen LogP contribution in [-0.4, -0.2) is 26.2 Å². The molecule has 0 aliphatic carbocycles. The van der Waals surface area contributed by atoms with E-state index in [-0.39, 0.29) is 22.3 Å². The summed E-state index contributed by atoms with van der Waals surface area (Å²) in [4.78, 5) is 12.5. The highest BCUT2D eigenvalue weighted by Crippen LogP contribution is 2.36. The van der Waals surface area contributed by atoms with Crippen LogP contribution in [0.4, 0.5) is 4.39 Å². The fourth-order valence-corrected chi connectivity index (χ4v) is 3.60. The minimum atomic E-state index is -0.577. The SMILES string of the molecule is CCCCn1nnnc1COC(=O)c1sc2cc(F)ccc2c1Cl. The Hall–Kier alpha value is -2.06. The second kappa shape index (κ2) is 7.23. The average Bonchev–Trinajstić information content (AvgIpc) is 3.15. The molecule has 0 amide bonds. The molecule has 24 heavy (non-hydrogen) atoms. The molecule has 6 nitrogen and oxygen atoms in total. The smallest absolute Gasteiger partial charge is 0.350 e. The number of ether oxygens (including phenoxy) is 1. The van der Waals surface area contributed by atoms with E-state index in [1.165, 1.54) is 12.1 Å². The number of esters is 1. The van der Waals surface area contributed by atoms with Gasteiger partial charge >= 0.3 is 5.97 Å². The van der Waals surface area contributed by atoms with Gasteiger partial charge in [-0.15, -0.1) is 16.4 Å². The van der Waals surface area contributed by atoms with Crippen LogP contribution >= 0.6 is 22.9 Å². The number of carbonyl (C=O) groups is 1. The zero-order valence-corrected chi connectivity index (χ0v) is 14.4. The molecule has 0 radical (unpaired) electrons. The van der Waals surface area contributed by atoms with Crippen LogP contribution in [0.25, 0.3) is 10.1 Å². The summed E-state index contributed by atoms with van der Waals surface area (Å²) >= 11 is 7.30. The molecule has 0 spiro atoms. The fourth-order valence-electron chi connectivity index (χ4n) is 2.17. The molecule has 1 aromatic carbocycles. The maximum atomic E-state index is 13.3. The molecule has 0 bridgehead atoms. The highest BCUT2D eigenvalue weighted by Gasteiger charge is 2.20. The summed E-state index contributed by atoms with van der Waals surface area (Å²) in [5.41, 5.74) is 0. The van der Waals surface area contributed by atoms with Crippen LogP contribution in [-0.2, 0) is 17.9 Å². The number of nitrogens with zero attached hydrogens (tertiary/aromatic N) is 4. The Kier molecular flexibility index (Phi) is 5.06. The number of rotatable bonds is 6. The number of halogens is 2. The van der Waals surface area contributed by atoms with Crippen molar-refractivity contribution in [3.63, 3.8) is 0 Å². The van der Waals surface area contributed by atoms with Crippen LogP contribution in [0, 0.1) is 5.82 Å². The van der Waals surface area contributed by atoms with Gasteiger partial charge in [0.1, 0.15) is 10.7 Å². The summed E-state index contributed by atoms with van der Waals surface area (Å²) in [5.74, 6) is -0.484. The highest BCUT2D eigenvalue weighted by atomic mass is 35.5. The van der Waals surface area contributed by atoms with Gasteiger partial charge in [-0.3, -0.25) is 0 Å². The predicted molar refractivity (Wildman–Crippen MR) is 88.6 cm³/mol. The summed E-state index contributed by atoms with van der Waals surface area (Å²) in [7, 11) is 0. The Morgan fingerprint density at radius 1 is 1.46 bits per heavy atom. The predicted octanol–water partition coefficient (Wildman–Crippen LogP) is 3.84. The number of unbranched alkanes of at least 4 members (excludes halogenated alkanes) is 1. The van der Waals surface area contributed by atoms with Crippen LogP contribution in [0.3, 0.4) is 0 Å². The summed E-state index contributed by atoms with van der Waals surface area (Å²) in [6, 6.07) is 4.19. The Morgan fingerprint density at radius 2 is 2.29 bits per heavy atom. The molecule has 0 saturated heterocycles. The van der Waals surface area contributed by atoms with Crippen molar-refractivity contribution in [1.29, 1.82) is 0 Å². The van der Waals surface area contributed by atoms with E-state index in [1.807, 2.05) is 0 Å². The third-order valence-corrected chi connectivity index (χ3v) is 5.08. The van der Waals surface area contributed by atoms with Crippen molar-refractivity contribution in [3.05, 3.63) is 39.7 Å². The van der Waals surface area contributed by atoms with E-state index < -0.39 is 5.97 Å². The van der Waals surface area contributed by atoms with E-state index >= 15 is 0 Å². The molecule has 3 aromatic rings. The van der Waals surface area contributed by atoms with Crippen LogP contribution in [0.15, 0.2) is 18.2 Å². The van der Waals surface area contributed by atoms with Gasteiger partial charge in [0.05, 0.1) is 5.02 Å². The third kappa shape index (κ3) is 3.39. The molecule has 3 rings (SSSR count). The number of thiophene rings is 1. The molecular weight excluding hydrogens is 355 g/mol. The zero-order chi connectivity index (χ0) is 17.1. The second-order valence-electron chi connectivity index (χ2n) is 5.13. The lowest BCUT2D eigenvalue weighted by atomic mass is 10.2. The van der Waals surface area contributed by atoms with Crippen LogP contribution in [0.1, 0.15) is 35.3 Å². The summed E-state index contributed by atoms with van der Waals surface area (Å²) in [5, 5.41) is 12.2. The van der Waals surface area contributed by atoms with E-state index in [1.54, 1.807) is 10.7 Å². The van der Waals surface area contributed by atoms with Crippen molar-refractivity contribution in [2.75, 3.05) is 0 Å². The number of tetrazole rings is 1. The standard InChI is InChI=1S/C15H14ClFN4O2S/c1-2-3-6-21-12(18-19-20-21)8-23-15(22)14-13(16)10-5-4-9(17)7-11(10)24-14/h4-5,7H,2-3,6,8H2,1H3. The number of carbonyl (C=O) groups excluding carboxylic acids is 1. The van der Waals surface area contributed by atoms with Crippen LogP contribution in [0.2, 0.25) is 5.02 Å². The van der Waals surface area contributed by atoms with Crippen molar-refractivity contribution in [2.45, 2.75) is 32.9 Å². The third-order valence-electron chi connectivity index (χ3n) is 3.44. The van der Waals surface area contributed by atoms with Gasteiger partial charge in [-0.05, 0) is 35.0 Å². The number of hydrogen-bond acceptors (Lipinski definition) is 6. The second-order valence-corrected chi connectivity index (χ2v) is 6.56. The summed E-state index contributed by atoms with van der Waals surface area (Å²) in [6.07, 6.45) is 1.94. The Labute approximate surface area is 146 Å². The van der Waals surface area contributed by atoms with E-state index in [9.17, 15) is 9.18 Å². The van der Waals surface area contributed by atoms with Gasteiger partial charge in [0.25, 0.3) is 0 Å². The number of hydrogen-bond donors (Lipinski definition) is 0. The summed E-state index contributed by atoms with van der Waals surface area (Å²) < 4.78 is 20.8. The van der Waals surface area contributed by atoms with E-state index in [4.69, 9.17) is 16.3 Å². The maximum Gasteiger partial charge on any atom is 0.350 e. The topological polar surface area (TPSA) is 69.9 Å². The van der Waals surface area contributed by atoms with Gasteiger partial charge in [0.2, 0.25) is 0 Å². The van der Waals surface area contributed by atoms with Gasteiger partial charge in [0.15, 0.2) is 12.4 Å². The number of fused-ring (bicyclic) bond motifs is 1. The molecule has 9 heteroatoms. The van der Waals surface area contributed by atoms with Gasteiger partial charge in [-0.25, -0.2) is 13.9 Å². The van der Waals surface area contributed by atoms with Crippen molar-refractivity contribution in [3.8, 4) is 0 Å². The molecule has 0 aliphatic rings. The first kappa shape index (κ1) is 16.8. The maximum absolute atomic E-state index is 13.3. The molecule has 0 saturated carbocycles. The van der Waals surface area contributed by atoms with Gasteiger partial charge < -0.3 is 4.74 Å². The molecule has 0 unspecified atom stereocenters. The number of benzene rings is 1. The lowest BCUT2D eigenvalue weighted by Crippen LogP contribution is -2.10. The van der Waals surface area contributed by atoms with Gasteiger partial charge in [0, 0.05) is 16.6 Å². The zero-order valence-electron chi connectivity index (χ0n) is 12.8. The fraction of sp³-hybridized carbons (Fsp3) is 0.333. The molecule has 0 N–H and O–H groups in total. The van der Waals surface area contributed by atoms with E-state index in [0.29, 0.717) is 22.5 Å². The van der Waals surface area contributed by atoms with Gasteiger partial charge in [-0.1, -0.05) is 24.9 Å². The van der Waals surface area contributed by atoms with Crippen molar-refractivity contribution in [1.82, 2.24) is 20.2 Å². The molecule has 126 valence electrons. The van der Waals surface area contributed by atoms with Crippen LogP contribution < -0.4 is 0 Å².